The molecule has 0 bridgehead atoms. The van der Waals surface area contributed by atoms with Gasteiger partial charge in [-0.2, -0.15) is 0 Å². The highest BCUT2D eigenvalue weighted by Gasteiger charge is 2.17. The van der Waals surface area contributed by atoms with Gasteiger partial charge in [0, 0.05) is 6.54 Å². The summed E-state index contributed by atoms with van der Waals surface area (Å²) in [5, 5.41) is 5.76. The summed E-state index contributed by atoms with van der Waals surface area (Å²) in [6.07, 6.45) is 0.618. The van der Waals surface area contributed by atoms with Crippen molar-refractivity contribution in [2.24, 2.45) is 0 Å². The summed E-state index contributed by atoms with van der Waals surface area (Å²) in [5.74, 6) is 0.491. The summed E-state index contributed by atoms with van der Waals surface area (Å²) < 4.78 is 24.9. The molecule has 1 aliphatic heterocycles. The van der Waals surface area contributed by atoms with Crippen LogP contribution in [0.1, 0.15) is 11.1 Å². The lowest BCUT2D eigenvalue weighted by Crippen LogP contribution is -2.26. The van der Waals surface area contributed by atoms with Crippen LogP contribution in [0.25, 0.3) is 0 Å². The number of hydrogen-bond donors (Lipinski definition) is 2. The van der Waals surface area contributed by atoms with Gasteiger partial charge in [0.25, 0.3) is 5.91 Å². The van der Waals surface area contributed by atoms with E-state index in [0.29, 0.717) is 30.0 Å². The second-order valence-corrected chi connectivity index (χ2v) is 5.50. The topological polar surface area (TPSA) is 59.6 Å². The number of benzene rings is 2. The monoisotopic (exact) mass is 366 g/mol. The fourth-order valence-electron chi connectivity index (χ4n) is 2.64. The number of anilines is 1. The van der Waals surface area contributed by atoms with Gasteiger partial charge in [0.05, 0.1) is 12.8 Å². The number of nitrogens with one attached hydrogen (secondary N) is 2. The third kappa shape index (κ3) is 4.61. The third-order valence-electron chi connectivity index (χ3n) is 3.91. The van der Waals surface area contributed by atoms with Crippen molar-refractivity contribution in [2.75, 3.05) is 25.6 Å². The van der Waals surface area contributed by atoms with Crippen molar-refractivity contribution in [3.63, 3.8) is 0 Å². The Kier molecular flexibility index (Phi) is 6.61. The molecule has 0 atom stereocenters. The molecule has 2 aromatic carbocycles. The average Bonchev–Trinajstić information content (AvgIpc) is 2.63. The van der Waals surface area contributed by atoms with Crippen LogP contribution in [0.2, 0.25) is 0 Å². The van der Waals surface area contributed by atoms with Crippen molar-refractivity contribution in [3.05, 3.63) is 53.3 Å². The zero-order valence-corrected chi connectivity index (χ0v) is 14.6. The van der Waals surface area contributed by atoms with Crippen LogP contribution in [0, 0.1) is 5.82 Å². The molecule has 2 aromatic rings. The van der Waals surface area contributed by atoms with Gasteiger partial charge in [-0.15, -0.1) is 12.4 Å². The minimum atomic E-state index is -0.404. The van der Waals surface area contributed by atoms with Crippen molar-refractivity contribution in [3.8, 4) is 11.5 Å². The largest absolute Gasteiger partial charge is 0.497 e. The number of ether oxygens (including phenoxy) is 2. The van der Waals surface area contributed by atoms with Crippen molar-refractivity contribution in [2.45, 2.75) is 13.0 Å². The second-order valence-electron chi connectivity index (χ2n) is 5.50. The van der Waals surface area contributed by atoms with E-state index in [1.165, 1.54) is 0 Å². The minimum Gasteiger partial charge on any atom is -0.497 e. The smallest absolute Gasteiger partial charge is 0.262 e. The molecule has 1 aliphatic rings. The molecule has 1 amide bonds. The maximum absolute atomic E-state index is 14.5. The molecule has 2 N–H and O–H groups in total. The maximum Gasteiger partial charge on any atom is 0.262 e. The summed E-state index contributed by atoms with van der Waals surface area (Å²) in [6.45, 7) is 1.20. The summed E-state index contributed by atoms with van der Waals surface area (Å²) in [7, 11) is 1.58. The zero-order valence-electron chi connectivity index (χ0n) is 13.8. The molecule has 0 fully saturated rings. The molecular formula is C18H20ClFN2O3. The molecule has 25 heavy (non-hydrogen) atoms. The van der Waals surface area contributed by atoms with Crippen molar-refractivity contribution < 1.29 is 18.7 Å². The number of halogens is 2. The molecule has 3 rings (SSSR count). The Morgan fingerprint density at radius 2 is 1.92 bits per heavy atom. The van der Waals surface area contributed by atoms with E-state index < -0.39 is 5.91 Å². The van der Waals surface area contributed by atoms with Crippen molar-refractivity contribution >= 4 is 24.0 Å². The standard InChI is InChI=1S/C18H19FN2O3.ClH/c1-23-13-3-5-14(6-4-13)24-11-17(22)21-16-7-2-12-10-20-9-8-15(12)18(16)19;/h2-7,20H,8-11H2,1H3,(H,21,22);1H. The highest BCUT2D eigenvalue weighted by atomic mass is 35.5. The fourth-order valence-corrected chi connectivity index (χ4v) is 2.64. The number of carbonyl (C=O) groups excluding carboxylic acids is 1. The molecular weight excluding hydrogens is 347 g/mol. The van der Waals surface area contributed by atoms with Gasteiger partial charge in [-0.3, -0.25) is 4.79 Å². The molecule has 0 radical (unpaired) electrons. The number of fused-ring (bicyclic) bond motifs is 1. The van der Waals surface area contributed by atoms with E-state index in [4.69, 9.17) is 9.47 Å². The fraction of sp³-hybridized carbons (Fsp3) is 0.278. The first kappa shape index (κ1) is 19.0. The van der Waals surface area contributed by atoms with Crippen LogP contribution in [0.5, 0.6) is 11.5 Å². The number of hydrogen-bond acceptors (Lipinski definition) is 4. The lowest BCUT2D eigenvalue weighted by Gasteiger charge is -2.19. The highest BCUT2D eigenvalue weighted by Crippen LogP contribution is 2.24. The summed E-state index contributed by atoms with van der Waals surface area (Å²) in [4.78, 5) is 12.0. The molecule has 1 heterocycles. The lowest BCUT2D eigenvalue weighted by atomic mass is 9.99. The first-order valence-electron chi connectivity index (χ1n) is 7.75. The van der Waals surface area contributed by atoms with E-state index in [2.05, 4.69) is 10.6 Å². The molecule has 0 spiro atoms. The molecule has 0 unspecified atom stereocenters. The summed E-state index contributed by atoms with van der Waals surface area (Å²) >= 11 is 0. The van der Waals surface area contributed by atoms with Gasteiger partial charge in [0.1, 0.15) is 17.3 Å². The van der Waals surface area contributed by atoms with E-state index in [1.807, 2.05) is 6.07 Å². The normalized spacial score (nSPS) is 12.6. The lowest BCUT2D eigenvalue weighted by molar-refractivity contribution is -0.118. The third-order valence-corrected chi connectivity index (χ3v) is 3.91. The molecule has 5 nitrogen and oxygen atoms in total. The van der Waals surface area contributed by atoms with E-state index in [1.54, 1.807) is 37.4 Å². The van der Waals surface area contributed by atoms with Gasteiger partial charge in [0.2, 0.25) is 0 Å². The predicted octanol–water partition coefficient (Wildman–Crippen LogP) is 2.92. The molecule has 0 aromatic heterocycles. The van der Waals surface area contributed by atoms with E-state index >= 15 is 0 Å². The molecule has 7 heteroatoms. The summed E-state index contributed by atoms with van der Waals surface area (Å²) in [5.41, 5.74) is 1.80. The maximum atomic E-state index is 14.5. The Labute approximate surface area is 151 Å². The zero-order chi connectivity index (χ0) is 16.9. The van der Waals surface area contributed by atoms with Gasteiger partial charge >= 0.3 is 0 Å². The minimum absolute atomic E-state index is 0. The quantitative estimate of drug-likeness (QED) is 0.854. The van der Waals surface area contributed by atoms with Crippen LogP contribution < -0.4 is 20.1 Å². The number of carbonyl (C=O) groups is 1. The summed E-state index contributed by atoms with van der Waals surface area (Å²) in [6, 6.07) is 10.3. The molecule has 134 valence electrons. The second kappa shape index (κ2) is 8.69. The van der Waals surface area contributed by atoms with Crippen LogP contribution in [-0.2, 0) is 17.8 Å². The number of rotatable bonds is 5. The van der Waals surface area contributed by atoms with Gasteiger partial charge < -0.3 is 20.1 Å². The van der Waals surface area contributed by atoms with Crippen molar-refractivity contribution in [1.82, 2.24) is 5.32 Å². The van der Waals surface area contributed by atoms with Gasteiger partial charge in [0.15, 0.2) is 6.61 Å². The van der Waals surface area contributed by atoms with E-state index in [9.17, 15) is 9.18 Å². The van der Waals surface area contributed by atoms with Crippen LogP contribution in [0.15, 0.2) is 36.4 Å². The predicted molar refractivity (Wildman–Crippen MR) is 96.2 cm³/mol. The Hall–Kier alpha value is -2.31. The SMILES string of the molecule is COc1ccc(OCC(=O)Nc2ccc3c(c2F)CCNC3)cc1.Cl. The van der Waals surface area contributed by atoms with Crippen LogP contribution in [-0.4, -0.2) is 26.2 Å². The molecule has 0 saturated heterocycles. The van der Waals surface area contributed by atoms with Gasteiger partial charge in [-0.25, -0.2) is 4.39 Å². The number of methoxy groups -OCH3 is 1. The average molecular weight is 367 g/mol. The van der Waals surface area contributed by atoms with Crippen LogP contribution >= 0.6 is 12.4 Å². The Bertz CT molecular complexity index is 738. The first-order valence-corrected chi connectivity index (χ1v) is 7.75. The van der Waals surface area contributed by atoms with Gasteiger partial charge in [-0.05, 0) is 54.4 Å². The Morgan fingerprint density at radius 3 is 2.64 bits per heavy atom. The Morgan fingerprint density at radius 1 is 1.20 bits per heavy atom. The van der Waals surface area contributed by atoms with Crippen LogP contribution in [0.3, 0.4) is 0 Å². The van der Waals surface area contributed by atoms with E-state index in [-0.39, 0.29) is 30.5 Å². The molecule has 0 aliphatic carbocycles. The van der Waals surface area contributed by atoms with E-state index in [0.717, 1.165) is 12.1 Å². The van der Waals surface area contributed by atoms with Gasteiger partial charge in [-0.1, -0.05) is 6.07 Å². The van der Waals surface area contributed by atoms with Crippen LogP contribution in [0.4, 0.5) is 10.1 Å². The van der Waals surface area contributed by atoms with Crippen molar-refractivity contribution in [1.29, 1.82) is 0 Å². The Balaban J connectivity index is 0.00000225. The highest BCUT2D eigenvalue weighted by molar-refractivity contribution is 5.92. The first-order chi connectivity index (χ1) is 11.7. The number of amides is 1. The molecule has 0 saturated carbocycles.